The molecule has 1 unspecified atom stereocenters. The molecule has 1 aliphatic rings. The first-order chi connectivity index (χ1) is 9.37. The molecule has 1 atom stereocenters. The molecule has 1 fully saturated rings. The summed E-state index contributed by atoms with van der Waals surface area (Å²) in [5, 5.41) is 3.30. The molecule has 4 nitrogen and oxygen atoms in total. The van der Waals surface area contributed by atoms with Crippen molar-refractivity contribution in [2.24, 2.45) is 5.92 Å². The molecule has 0 bridgehead atoms. The standard InChI is InChI=1S/C16H31NO3/c1-12(2)17-16(4,15(18)19-5)10-11-20-14-8-6-13(3)7-9-14/h12-14,17H,6-11H2,1-5H3. The average Bonchev–Trinajstić information content (AvgIpc) is 2.39. The second-order valence-electron chi connectivity index (χ2n) is 6.63. The predicted molar refractivity (Wildman–Crippen MR) is 80.7 cm³/mol. The van der Waals surface area contributed by atoms with E-state index in [4.69, 9.17) is 9.47 Å². The first-order valence-electron chi connectivity index (χ1n) is 7.85. The fourth-order valence-corrected chi connectivity index (χ4v) is 2.92. The van der Waals surface area contributed by atoms with Gasteiger partial charge in [-0.2, -0.15) is 0 Å². The second kappa shape index (κ2) is 7.99. The van der Waals surface area contributed by atoms with Gasteiger partial charge in [0, 0.05) is 12.6 Å². The Kier molecular flexibility index (Phi) is 6.96. The minimum absolute atomic E-state index is 0.216. The summed E-state index contributed by atoms with van der Waals surface area (Å²) in [4.78, 5) is 12.0. The van der Waals surface area contributed by atoms with Gasteiger partial charge in [0.25, 0.3) is 0 Å². The normalized spacial score (nSPS) is 26.3. The van der Waals surface area contributed by atoms with Gasteiger partial charge in [-0.05, 0) is 58.8 Å². The summed E-state index contributed by atoms with van der Waals surface area (Å²) in [5.74, 6) is 0.616. The van der Waals surface area contributed by atoms with E-state index in [0.29, 0.717) is 19.1 Å². The van der Waals surface area contributed by atoms with Crippen molar-refractivity contribution in [3.05, 3.63) is 0 Å². The van der Waals surface area contributed by atoms with Crippen LogP contribution in [0.2, 0.25) is 0 Å². The number of rotatable bonds is 7. The van der Waals surface area contributed by atoms with Crippen LogP contribution in [0.1, 0.15) is 59.8 Å². The molecule has 0 aromatic carbocycles. The predicted octanol–water partition coefficient (Wildman–Crippen LogP) is 2.90. The Labute approximate surface area is 123 Å². The molecule has 0 saturated heterocycles. The molecular formula is C16H31NO3. The SMILES string of the molecule is COC(=O)C(C)(CCOC1CCC(C)CC1)NC(C)C. The highest BCUT2D eigenvalue weighted by atomic mass is 16.5. The van der Waals surface area contributed by atoms with Gasteiger partial charge < -0.3 is 9.47 Å². The fourth-order valence-electron chi connectivity index (χ4n) is 2.92. The smallest absolute Gasteiger partial charge is 0.325 e. The Morgan fingerprint density at radius 1 is 1.30 bits per heavy atom. The minimum atomic E-state index is -0.662. The van der Waals surface area contributed by atoms with Crippen molar-refractivity contribution in [2.75, 3.05) is 13.7 Å². The van der Waals surface area contributed by atoms with E-state index in [1.165, 1.54) is 20.0 Å². The number of esters is 1. The highest BCUT2D eigenvalue weighted by Gasteiger charge is 2.34. The number of hydrogen-bond acceptors (Lipinski definition) is 4. The average molecular weight is 285 g/mol. The molecule has 4 heteroatoms. The third-order valence-corrected chi connectivity index (χ3v) is 4.16. The molecule has 0 aromatic rings. The van der Waals surface area contributed by atoms with Crippen molar-refractivity contribution in [1.82, 2.24) is 5.32 Å². The van der Waals surface area contributed by atoms with E-state index in [1.54, 1.807) is 0 Å². The molecule has 118 valence electrons. The van der Waals surface area contributed by atoms with Crippen LogP contribution < -0.4 is 5.32 Å². The lowest BCUT2D eigenvalue weighted by atomic mass is 9.89. The lowest BCUT2D eigenvalue weighted by molar-refractivity contribution is -0.149. The Morgan fingerprint density at radius 3 is 2.40 bits per heavy atom. The van der Waals surface area contributed by atoms with Crippen LogP contribution in [-0.4, -0.2) is 37.4 Å². The molecule has 20 heavy (non-hydrogen) atoms. The van der Waals surface area contributed by atoms with E-state index in [1.807, 2.05) is 20.8 Å². The molecule has 1 N–H and O–H groups in total. The maximum Gasteiger partial charge on any atom is 0.325 e. The summed E-state index contributed by atoms with van der Waals surface area (Å²) in [6, 6.07) is 0.231. The van der Waals surface area contributed by atoms with Gasteiger partial charge in [0.1, 0.15) is 5.54 Å². The minimum Gasteiger partial charge on any atom is -0.468 e. The van der Waals surface area contributed by atoms with Crippen LogP contribution in [0, 0.1) is 5.92 Å². The molecule has 0 amide bonds. The van der Waals surface area contributed by atoms with Crippen molar-refractivity contribution in [1.29, 1.82) is 0 Å². The number of methoxy groups -OCH3 is 1. The van der Waals surface area contributed by atoms with E-state index < -0.39 is 5.54 Å². The van der Waals surface area contributed by atoms with Gasteiger partial charge >= 0.3 is 5.97 Å². The second-order valence-corrected chi connectivity index (χ2v) is 6.63. The molecule has 0 heterocycles. The zero-order valence-corrected chi connectivity index (χ0v) is 13.7. The molecule has 1 rings (SSSR count). The quantitative estimate of drug-likeness (QED) is 0.731. The summed E-state index contributed by atoms with van der Waals surface area (Å²) < 4.78 is 10.9. The molecule has 0 radical (unpaired) electrons. The number of carbonyl (C=O) groups is 1. The van der Waals surface area contributed by atoms with Gasteiger partial charge in [-0.15, -0.1) is 0 Å². The summed E-state index contributed by atoms with van der Waals surface area (Å²) in [7, 11) is 1.44. The summed E-state index contributed by atoms with van der Waals surface area (Å²) in [6.45, 7) is 8.86. The highest BCUT2D eigenvalue weighted by molar-refractivity contribution is 5.80. The third kappa shape index (κ3) is 5.41. The first-order valence-corrected chi connectivity index (χ1v) is 7.85. The summed E-state index contributed by atoms with van der Waals surface area (Å²) >= 11 is 0. The summed E-state index contributed by atoms with van der Waals surface area (Å²) in [6.07, 6.45) is 5.81. The monoisotopic (exact) mass is 285 g/mol. The maximum absolute atomic E-state index is 12.0. The van der Waals surface area contributed by atoms with Gasteiger partial charge in [-0.25, -0.2) is 0 Å². The summed E-state index contributed by atoms with van der Waals surface area (Å²) in [5.41, 5.74) is -0.662. The Balaban J connectivity index is 2.40. The van der Waals surface area contributed by atoms with Crippen molar-refractivity contribution in [3.8, 4) is 0 Å². The van der Waals surface area contributed by atoms with Gasteiger partial charge in [0.2, 0.25) is 0 Å². The topological polar surface area (TPSA) is 47.6 Å². The Hall–Kier alpha value is -0.610. The maximum atomic E-state index is 12.0. The number of carbonyl (C=O) groups excluding carboxylic acids is 1. The van der Waals surface area contributed by atoms with Crippen LogP contribution in [-0.2, 0) is 14.3 Å². The van der Waals surface area contributed by atoms with Crippen molar-refractivity contribution >= 4 is 5.97 Å². The molecular weight excluding hydrogens is 254 g/mol. The lowest BCUT2D eigenvalue weighted by Gasteiger charge is -2.32. The Morgan fingerprint density at radius 2 is 1.90 bits per heavy atom. The molecule has 0 aromatic heterocycles. The fraction of sp³-hybridized carbons (Fsp3) is 0.938. The van der Waals surface area contributed by atoms with E-state index in [0.717, 1.165) is 18.8 Å². The number of hydrogen-bond donors (Lipinski definition) is 1. The zero-order chi connectivity index (χ0) is 15.2. The zero-order valence-electron chi connectivity index (χ0n) is 13.7. The first kappa shape index (κ1) is 17.4. The van der Waals surface area contributed by atoms with Crippen molar-refractivity contribution in [2.45, 2.75) is 77.5 Å². The van der Waals surface area contributed by atoms with Crippen LogP contribution >= 0.6 is 0 Å². The lowest BCUT2D eigenvalue weighted by Crippen LogP contribution is -2.53. The van der Waals surface area contributed by atoms with Crippen LogP contribution in [0.3, 0.4) is 0 Å². The van der Waals surface area contributed by atoms with Crippen LogP contribution in [0.15, 0.2) is 0 Å². The van der Waals surface area contributed by atoms with E-state index in [2.05, 4.69) is 12.2 Å². The molecule has 0 spiro atoms. The third-order valence-electron chi connectivity index (χ3n) is 4.16. The molecule has 0 aliphatic heterocycles. The van der Waals surface area contributed by atoms with E-state index in [-0.39, 0.29) is 12.0 Å². The molecule has 1 aliphatic carbocycles. The highest BCUT2D eigenvalue weighted by Crippen LogP contribution is 2.26. The largest absolute Gasteiger partial charge is 0.468 e. The van der Waals surface area contributed by atoms with E-state index >= 15 is 0 Å². The van der Waals surface area contributed by atoms with Gasteiger partial charge in [0.05, 0.1) is 13.2 Å². The van der Waals surface area contributed by atoms with Crippen molar-refractivity contribution in [3.63, 3.8) is 0 Å². The number of nitrogens with one attached hydrogen (secondary N) is 1. The van der Waals surface area contributed by atoms with E-state index in [9.17, 15) is 4.79 Å². The Bertz CT molecular complexity index is 298. The van der Waals surface area contributed by atoms with Crippen LogP contribution in [0.25, 0.3) is 0 Å². The molecule has 1 saturated carbocycles. The number of ether oxygens (including phenoxy) is 2. The van der Waals surface area contributed by atoms with Crippen LogP contribution in [0.4, 0.5) is 0 Å². The van der Waals surface area contributed by atoms with Gasteiger partial charge in [0.15, 0.2) is 0 Å². The van der Waals surface area contributed by atoms with Gasteiger partial charge in [-0.1, -0.05) is 6.92 Å². The van der Waals surface area contributed by atoms with Gasteiger partial charge in [-0.3, -0.25) is 10.1 Å². The van der Waals surface area contributed by atoms with Crippen LogP contribution in [0.5, 0.6) is 0 Å². The van der Waals surface area contributed by atoms with Crippen molar-refractivity contribution < 1.29 is 14.3 Å².